The van der Waals surface area contributed by atoms with Crippen LogP contribution in [0.25, 0.3) is 0 Å². The lowest BCUT2D eigenvalue weighted by Gasteiger charge is -2.47. The number of rotatable bonds is 2. The second-order valence-electron chi connectivity index (χ2n) is 5.31. The average molecular weight is 234 g/mol. The standard InChI is InChI=1S/C10H18O4S/c1-9(2)8-3-5-10(9,14-6-4-8)7-15(11,12)13/h8H,3-7H2,1-2H3,(H,11,12,13). The first-order chi connectivity index (χ1) is 6.77. The summed E-state index contributed by atoms with van der Waals surface area (Å²) in [6.45, 7) is 4.72. The summed E-state index contributed by atoms with van der Waals surface area (Å²) >= 11 is 0. The fourth-order valence-electron chi connectivity index (χ4n) is 3.22. The van der Waals surface area contributed by atoms with Gasteiger partial charge in [0.2, 0.25) is 0 Å². The van der Waals surface area contributed by atoms with E-state index in [2.05, 4.69) is 13.8 Å². The van der Waals surface area contributed by atoms with Crippen molar-refractivity contribution in [2.45, 2.75) is 38.7 Å². The Morgan fingerprint density at radius 3 is 2.67 bits per heavy atom. The molecule has 88 valence electrons. The van der Waals surface area contributed by atoms with Gasteiger partial charge < -0.3 is 4.74 Å². The van der Waals surface area contributed by atoms with Gasteiger partial charge >= 0.3 is 0 Å². The van der Waals surface area contributed by atoms with Gasteiger partial charge in [-0.15, -0.1) is 0 Å². The molecule has 0 spiro atoms. The molecule has 2 aliphatic rings. The quantitative estimate of drug-likeness (QED) is 0.735. The van der Waals surface area contributed by atoms with Gasteiger partial charge in [0.15, 0.2) is 0 Å². The minimum Gasteiger partial charge on any atom is -0.373 e. The zero-order chi connectivity index (χ0) is 11.3. The Hall–Kier alpha value is -0.130. The van der Waals surface area contributed by atoms with Crippen molar-refractivity contribution in [2.24, 2.45) is 11.3 Å². The molecule has 2 fully saturated rings. The van der Waals surface area contributed by atoms with Gasteiger partial charge in [0.25, 0.3) is 10.1 Å². The second kappa shape index (κ2) is 3.18. The molecule has 2 atom stereocenters. The maximum atomic E-state index is 11.0. The molecule has 2 unspecified atom stereocenters. The summed E-state index contributed by atoms with van der Waals surface area (Å²) in [4.78, 5) is 0. The van der Waals surface area contributed by atoms with E-state index < -0.39 is 15.7 Å². The fraction of sp³-hybridized carbons (Fsp3) is 1.00. The van der Waals surface area contributed by atoms with E-state index in [4.69, 9.17) is 9.29 Å². The van der Waals surface area contributed by atoms with Crippen LogP contribution in [0.15, 0.2) is 0 Å². The molecular formula is C10H18O4S. The van der Waals surface area contributed by atoms with Crippen LogP contribution in [0.4, 0.5) is 0 Å². The minimum atomic E-state index is -3.96. The monoisotopic (exact) mass is 234 g/mol. The Morgan fingerprint density at radius 2 is 2.07 bits per heavy atom. The predicted molar refractivity (Wildman–Crippen MR) is 56.2 cm³/mol. The van der Waals surface area contributed by atoms with Crippen LogP contribution in [-0.2, 0) is 14.9 Å². The second-order valence-corrected chi connectivity index (χ2v) is 6.77. The minimum absolute atomic E-state index is 0.152. The molecule has 1 N–H and O–H groups in total. The lowest BCUT2D eigenvalue weighted by atomic mass is 9.70. The van der Waals surface area contributed by atoms with Gasteiger partial charge in [0.05, 0.1) is 5.60 Å². The lowest BCUT2D eigenvalue weighted by Crippen LogP contribution is -2.53. The van der Waals surface area contributed by atoms with Crippen LogP contribution < -0.4 is 0 Å². The fourth-order valence-corrected chi connectivity index (χ4v) is 4.41. The maximum Gasteiger partial charge on any atom is 0.267 e. The number of fused-ring (bicyclic) bond motifs is 2. The Labute approximate surface area is 90.8 Å². The summed E-state index contributed by atoms with van der Waals surface area (Å²) in [5.41, 5.74) is -0.815. The SMILES string of the molecule is CC1(C)C2CCOC1(CS(=O)(=O)O)CC2. The van der Waals surface area contributed by atoms with Gasteiger partial charge in [-0.3, -0.25) is 4.55 Å². The third kappa shape index (κ3) is 1.70. The van der Waals surface area contributed by atoms with Gasteiger partial charge in [0.1, 0.15) is 5.75 Å². The molecule has 0 aromatic rings. The van der Waals surface area contributed by atoms with Gasteiger partial charge in [-0.05, 0) is 30.6 Å². The van der Waals surface area contributed by atoms with Crippen molar-refractivity contribution < 1.29 is 17.7 Å². The van der Waals surface area contributed by atoms with Gasteiger partial charge in [0, 0.05) is 6.61 Å². The molecule has 1 saturated heterocycles. The highest BCUT2D eigenvalue weighted by Crippen LogP contribution is 2.56. The topological polar surface area (TPSA) is 63.6 Å². The van der Waals surface area contributed by atoms with E-state index in [9.17, 15) is 8.42 Å². The highest BCUT2D eigenvalue weighted by Gasteiger charge is 2.59. The van der Waals surface area contributed by atoms with Crippen molar-refractivity contribution in [1.29, 1.82) is 0 Å². The normalized spacial score (nSPS) is 39.3. The van der Waals surface area contributed by atoms with E-state index in [1.807, 2.05) is 0 Å². The molecule has 1 aliphatic heterocycles. The number of ether oxygens (including phenoxy) is 1. The summed E-state index contributed by atoms with van der Waals surface area (Å²) < 4.78 is 36.8. The van der Waals surface area contributed by atoms with E-state index in [0.29, 0.717) is 12.5 Å². The van der Waals surface area contributed by atoms with Crippen LogP contribution in [0.1, 0.15) is 33.1 Å². The summed E-state index contributed by atoms with van der Waals surface area (Å²) in [7, 11) is -3.96. The Morgan fingerprint density at radius 1 is 1.40 bits per heavy atom. The highest BCUT2D eigenvalue weighted by atomic mass is 32.2. The number of hydrogen-bond donors (Lipinski definition) is 1. The first-order valence-corrected chi connectivity index (χ1v) is 6.97. The van der Waals surface area contributed by atoms with E-state index >= 15 is 0 Å². The van der Waals surface area contributed by atoms with Gasteiger partial charge in [-0.1, -0.05) is 13.8 Å². The van der Waals surface area contributed by atoms with Crippen LogP contribution in [0.5, 0.6) is 0 Å². The Kier molecular flexibility index (Phi) is 2.41. The third-order valence-corrected chi connectivity index (χ3v) is 5.18. The molecule has 2 bridgehead atoms. The van der Waals surface area contributed by atoms with Crippen molar-refractivity contribution in [3.8, 4) is 0 Å². The number of hydrogen-bond acceptors (Lipinski definition) is 3. The molecule has 0 aromatic carbocycles. The Bertz CT molecular complexity index is 356. The van der Waals surface area contributed by atoms with Crippen molar-refractivity contribution in [1.82, 2.24) is 0 Å². The molecular weight excluding hydrogens is 216 g/mol. The molecule has 15 heavy (non-hydrogen) atoms. The average Bonchev–Trinajstić information content (AvgIpc) is 2.26. The molecule has 5 heteroatoms. The molecule has 0 radical (unpaired) electrons. The van der Waals surface area contributed by atoms with E-state index in [0.717, 1.165) is 19.3 Å². The summed E-state index contributed by atoms with van der Waals surface area (Å²) in [6, 6.07) is 0. The molecule has 1 aliphatic carbocycles. The van der Waals surface area contributed by atoms with Gasteiger partial charge in [-0.25, -0.2) is 0 Å². The molecule has 1 heterocycles. The van der Waals surface area contributed by atoms with Crippen molar-refractivity contribution in [3.05, 3.63) is 0 Å². The first-order valence-electron chi connectivity index (χ1n) is 5.36. The molecule has 4 nitrogen and oxygen atoms in total. The summed E-state index contributed by atoms with van der Waals surface area (Å²) in [5, 5.41) is 0. The molecule has 2 rings (SSSR count). The summed E-state index contributed by atoms with van der Waals surface area (Å²) in [6.07, 6.45) is 2.74. The smallest absolute Gasteiger partial charge is 0.267 e. The lowest BCUT2D eigenvalue weighted by molar-refractivity contribution is -0.136. The third-order valence-electron chi connectivity index (χ3n) is 4.35. The zero-order valence-corrected chi connectivity index (χ0v) is 10.0. The molecule has 1 saturated carbocycles. The molecule has 0 aromatic heterocycles. The van der Waals surface area contributed by atoms with E-state index in [1.54, 1.807) is 0 Å². The predicted octanol–water partition coefficient (Wildman–Crippen LogP) is 1.47. The van der Waals surface area contributed by atoms with Crippen LogP contribution in [0.2, 0.25) is 0 Å². The highest BCUT2D eigenvalue weighted by molar-refractivity contribution is 7.85. The molecule has 0 amide bonds. The van der Waals surface area contributed by atoms with Crippen LogP contribution in [-0.4, -0.2) is 30.9 Å². The van der Waals surface area contributed by atoms with Crippen LogP contribution >= 0.6 is 0 Å². The van der Waals surface area contributed by atoms with Crippen molar-refractivity contribution >= 4 is 10.1 Å². The first kappa shape index (κ1) is 11.4. The largest absolute Gasteiger partial charge is 0.373 e. The summed E-state index contributed by atoms with van der Waals surface area (Å²) in [5.74, 6) is 0.261. The zero-order valence-electron chi connectivity index (χ0n) is 9.19. The van der Waals surface area contributed by atoms with E-state index in [-0.39, 0.29) is 11.2 Å². The Balaban J connectivity index is 2.33. The van der Waals surface area contributed by atoms with Crippen LogP contribution in [0.3, 0.4) is 0 Å². The van der Waals surface area contributed by atoms with Gasteiger partial charge in [-0.2, -0.15) is 8.42 Å². The van der Waals surface area contributed by atoms with E-state index in [1.165, 1.54) is 0 Å². The van der Waals surface area contributed by atoms with Crippen LogP contribution in [0, 0.1) is 11.3 Å². The van der Waals surface area contributed by atoms with Crippen molar-refractivity contribution in [3.63, 3.8) is 0 Å². The maximum absolute atomic E-state index is 11.0. The van der Waals surface area contributed by atoms with Crippen molar-refractivity contribution in [2.75, 3.05) is 12.4 Å².